The van der Waals surface area contributed by atoms with Crippen LogP contribution in [0.15, 0.2) is 36.7 Å². The number of pyridine rings is 2. The molecular formula is C13H10F3N3O. The average molecular weight is 281 g/mol. The SMILES string of the molecule is Cc1cnccc1NC(=O)c1cccc(C(F)(F)F)n1. The van der Waals surface area contributed by atoms with Gasteiger partial charge in [0.05, 0.1) is 0 Å². The molecular weight excluding hydrogens is 271 g/mol. The molecule has 0 aliphatic rings. The first-order valence-electron chi connectivity index (χ1n) is 5.64. The zero-order valence-corrected chi connectivity index (χ0v) is 10.4. The lowest BCUT2D eigenvalue weighted by atomic mass is 10.2. The van der Waals surface area contributed by atoms with E-state index in [0.717, 1.165) is 12.1 Å². The first-order chi connectivity index (χ1) is 9.38. The molecule has 7 heteroatoms. The Balaban J connectivity index is 2.24. The highest BCUT2D eigenvalue weighted by Crippen LogP contribution is 2.27. The average Bonchev–Trinajstić information content (AvgIpc) is 2.40. The van der Waals surface area contributed by atoms with Crippen molar-refractivity contribution in [2.24, 2.45) is 0 Å². The largest absolute Gasteiger partial charge is 0.433 e. The monoisotopic (exact) mass is 281 g/mol. The lowest BCUT2D eigenvalue weighted by Crippen LogP contribution is -2.17. The minimum Gasteiger partial charge on any atom is -0.320 e. The molecule has 0 radical (unpaired) electrons. The van der Waals surface area contributed by atoms with Crippen LogP contribution >= 0.6 is 0 Å². The standard InChI is InChI=1S/C13H10F3N3O/c1-8-7-17-6-5-9(8)19-12(20)10-3-2-4-11(18-10)13(14,15)16/h2-7H,1H3,(H,17,19,20). The number of nitrogens with one attached hydrogen (secondary N) is 1. The molecule has 2 aromatic rings. The Morgan fingerprint density at radius 2 is 2.00 bits per heavy atom. The summed E-state index contributed by atoms with van der Waals surface area (Å²) in [5.74, 6) is -0.703. The van der Waals surface area contributed by atoms with Crippen molar-refractivity contribution in [2.45, 2.75) is 13.1 Å². The molecule has 104 valence electrons. The summed E-state index contributed by atoms with van der Waals surface area (Å²) in [6.45, 7) is 1.72. The Morgan fingerprint density at radius 1 is 1.25 bits per heavy atom. The first-order valence-corrected chi connectivity index (χ1v) is 5.64. The van der Waals surface area contributed by atoms with Crippen LogP contribution in [0, 0.1) is 6.92 Å². The van der Waals surface area contributed by atoms with Gasteiger partial charge >= 0.3 is 6.18 Å². The lowest BCUT2D eigenvalue weighted by Gasteiger charge is -2.09. The molecule has 0 aromatic carbocycles. The van der Waals surface area contributed by atoms with Crippen LogP contribution in [0.2, 0.25) is 0 Å². The Labute approximate surface area is 112 Å². The van der Waals surface area contributed by atoms with Crippen molar-refractivity contribution in [3.8, 4) is 0 Å². The normalized spacial score (nSPS) is 11.2. The molecule has 2 aromatic heterocycles. The highest BCUT2D eigenvalue weighted by molar-refractivity contribution is 6.03. The van der Waals surface area contributed by atoms with Crippen LogP contribution in [-0.2, 0) is 6.18 Å². The van der Waals surface area contributed by atoms with Crippen LogP contribution < -0.4 is 5.32 Å². The van der Waals surface area contributed by atoms with Crippen LogP contribution in [0.4, 0.5) is 18.9 Å². The molecule has 0 bridgehead atoms. The number of hydrogen-bond donors (Lipinski definition) is 1. The van der Waals surface area contributed by atoms with Crippen LogP contribution in [0.25, 0.3) is 0 Å². The molecule has 20 heavy (non-hydrogen) atoms. The third kappa shape index (κ3) is 3.11. The number of hydrogen-bond acceptors (Lipinski definition) is 3. The summed E-state index contributed by atoms with van der Waals surface area (Å²) in [7, 11) is 0. The van der Waals surface area contributed by atoms with E-state index in [1.165, 1.54) is 18.5 Å². The van der Waals surface area contributed by atoms with E-state index in [9.17, 15) is 18.0 Å². The third-order valence-corrected chi connectivity index (χ3v) is 2.54. The number of amides is 1. The van der Waals surface area contributed by atoms with Crippen LogP contribution in [0.1, 0.15) is 21.7 Å². The molecule has 2 heterocycles. The van der Waals surface area contributed by atoms with Crippen LogP contribution in [0.5, 0.6) is 0 Å². The fraction of sp³-hybridized carbons (Fsp3) is 0.154. The van der Waals surface area contributed by atoms with Gasteiger partial charge in [0.1, 0.15) is 11.4 Å². The van der Waals surface area contributed by atoms with Crippen molar-refractivity contribution in [3.05, 3.63) is 53.6 Å². The van der Waals surface area contributed by atoms with Crippen molar-refractivity contribution >= 4 is 11.6 Å². The van der Waals surface area contributed by atoms with Gasteiger partial charge in [-0.15, -0.1) is 0 Å². The van der Waals surface area contributed by atoms with Gasteiger partial charge in [-0.3, -0.25) is 9.78 Å². The van der Waals surface area contributed by atoms with E-state index in [-0.39, 0.29) is 5.69 Å². The number of halogens is 3. The Hall–Kier alpha value is -2.44. The maximum absolute atomic E-state index is 12.5. The highest BCUT2D eigenvalue weighted by atomic mass is 19.4. The first kappa shape index (κ1) is 14.0. The van der Waals surface area contributed by atoms with Gasteiger partial charge in [0.2, 0.25) is 0 Å². The van der Waals surface area contributed by atoms with Crippen LogP contribution in [0.3, 0.4) is 0 Å². The predicted molar refractivity (Wildman–Crippen MR) is 66.2 cm³/mol. The topological polar surface area (TPSA) is 54.9 Å². The highest BCUT2D eigenvalue weighted by Gasteiger charge is 2.32. The van der Waals surface area contributed by atoms with Gasteiger partial charge < -0.3 is 5.32 Å². The summed E-state index contributed by atoms with van der Waals surface area (Å²) in [6.07, 6.45) is -1.57. The number of aromatic nitrogens is 2. The molecule has 0 unspecified atom stereocenters. The zero-order valence-electron chi connectivity index (χ0n) is 10.4. The summed E-state index contributed by atoms with van der Waals surface area (Å²) >= 11 is 0. The lowest BCUT2D eigenvalue weighted by molar-refractivity contribution is -0.141. The van der Waals surface area contributed by atoms with Gasteiger partial charge in [-0.25, -0.2) is 4.98 Å². The molecule has 0 fully saturated rings. The second-order valence-corrected chi connectivity index (χ2v) is 4.05. The zero-order chi connectivity index (χ0) is 14.8. The number of nitrogens with zero attached hydrogens (tertiary/aromatic N) is 2. The van der Waals surface area contributed by atoms with Crippen molar-refractivity contribution in [2.75, 3.05) is 5.32 Å². The number of rotatable bonds is 2. The molecule has 1 N–H and O–H groups in total. The van der Waals surface area contributed by atoms with Crippen molar-refractivity contribution in [1.82, 2.24) is 9.97 Å². The Bertz CT molecular complexity index is 641. The summed E-state index contributed by atoms with van der Waals surface area (Å²) in [4.78, 5) is 19.1. The number of anilines is 1. The molecule has 0 atom stereocenters. The molecule has 2 rings (SSSR count). The maximum Gasteiger partial charge on any atom is 0.433 e. The number of carbonyl (C=O) groups is 1. The van der Waals surface area contributed by atoms with E-state index < -0.39 is 17.8 Å². The second-order valence-electron chi connectivity index (χ2n) is 4.05. The fourth-order valence-electron chi connectivity index (χ4n) is 1.52. The summed E-state index contributed by atoms with van der Waals surface area (Å²) in [5.41, 5.74) is -0.218. The smallest absolute Gasteiger partial charge is 0.320 e. The van der Waals surface area contributed by atoms with Gasteiger partial charge in [-0.1, -0.05) is 6.07 Å². The second kappa shape index (κ2) is 5.28. The Morgan fingerprint density at radius 3 is 2.65 bits per heavy atom. The van der Waals surface area contributed by atoms with Crippen molar-refractivity contribution < 1.29 is 18.0 Å². The van der Waals surface area contributed by atoms with Crippen LogP contribution in [-0.4, -0.2) is 15.9 Å². The van der Waals surface area contributed by atoms with E-state index in [1.54, 1.807) is 13.0 Å². The van der Waals surface area contributed by atoms with E-state index >= 15 is 0 Å². The number of carbonyl (C=O) groups excluding carboxylic acids is 1. The minimum absolute atomic E-state index is 0.295. The van der Waals surface area contributed by atoms with Gasteiger partial charge in [-0.05, 0) is 30.7 Å². The Kier molecular flexibility index (Phi) is 3.69. The van der Waals surface area contributed by atoms with E-state index in [1.807, 2.05) is 0 Å². The number of aryl methyl sites for hydroxylation is 1. The number of alkyl halides is 3. The summed E-state index contributed by atoms with van der Waals surface area (Å²) < 4.78 is 37.6. The minimum atomic E-state index is -4.58. The molecule has 0 saturated heterocycles. The molecule has 0 aliphatic heterocycles. The maximum atomic E-state index is 12.5. The summed E-state index contributed by atoms with van der Waals surface area (Å²) in [6, 6.07) is 4.74. The quantitative estimate of drug-likeness (QED) is 0.920. The molecule has 1 amide bonds. The molecule has 0 aliphatic carbocycles. The van der Waals surface area contributed by atoms with Gasteiger partial charge in [-0.2, -0.15) is 13.2 Å². The van der Waals surface area contributed by atoms with E-state index in [2.05, 4.69) is 15.3 Å². The van der Waals surface area contributed by atoms with Gasteiger partial charge in [0.15, 0.2) is 0 Å². The van der Waals surface area contributed by atoms with Gasteiger partial charge in [0.25, 0.3) is 5.91 Å². The summed E-state index contributed by atoms with van der Waals surface area (Å²) in [5, 5.41) is 2.50. The molecule has 0 saturated carbocycles. The van der Waals surface area contributed by atoms with E-state index in [0.29, 0.717) is 11.3 Å². The van der Waals surface area contributed by atoms with Crippen molar-refractivity contribution in [3.63, 3.8) is 0 Å². The third-order valence-electron chi connectivity index (χ3n) is 2.54. The molecule has 4 nitrogen and oxygen atoms in total. The molecule has 0 spiro atoms. The fourth-order valence-corrected chi connectivity index (χ4v) is 1.52. The predicted octanol–water partition coefficient (Wildman–Crippen LogP) is 3.06. The van der Waals surface area contributed by atoms with Crippen molar-refractivity contribution in [1.29, 1.82) is 0 Å². The van der Waals surface area contributed by atoms with Gasteiger partial charge in [0, 0.05) is 18.1 Å². The van der Waals surface area contributed by atoms with E-state index in [4.69, 9.17) is 0 Å².